The van der Waals surface area contributed by atoms with Crippen molar-refractivity contribution in [2.24, 2.45) is 0 Å². The highest BCUT2D eigenvalue weighted by Crippen LogP contribution is 2.27. The summed E-state index contributed by atoms with van der Waals surface area (Å²) in [6, 6.07) is 10.6. The second kappa shape index (κ2) is 5.30. The average Bonchev–Trinajstić information content (AvgIpc) is 2.88. The van der Waals surface area contributed by atoms with Crippen molar-refractivity contribution in [2.75, 3.05) is 11.4 Å². The van der Waals surface area contributed by atoms with Gasteiger partial charge in [0.25, 0.3) is 10.0 Å². The van der Waals surface area contributed by atoms with Gasteiger partial charge in [0.2, 0.25) is 0 Å². The molecule has 3 nitrogen and oxygen atoms in total. The number of rotatable bonds is 4. The quantitative estimate of drug-likeness (QED) is 0.813. The van der Waals surface area contributed by atoms with E-state index in [1.165, 1.54) is 15.6 Å². The smallest absolute Gasteiger partial charge is 0.269 e. The van der Waals surface area contributed by atoms with Gasteiger partial charge in [0.05, 0.1) is 5.69 Å². The van der Waals surface area contributed by atoms with Gasteiger partial charge in [0.15, 0.2) is 0 Å². The Bertz CT molecular complexity index is 623. The van der Waals surface area contributed by atoms with Crippen LogP contribution in [0.2, 0.25) is 0 Å². The summed E-state index contributed by atoms with van der Waals surface area (Å²) in [7, 11) is -1.94. The summed E-state index contributed by atoms with van der Waals surface area (Å²) in [4.78, 5) is 0. The average molecular weight is 302 g/mol. The predicted molar refractivity (Wildman–Crippen MR) is 75.9 cm³/mol. The third kappa shape index (κ3) is 2.53. The largest absolute Gasteiger partial charge is 0.273 e. The fourth-order valence-corrected chi connectivity index (χ4v) is 4.29. The molecule has 6 heteroatoms. The lowest BCUT2D eigenvalue weighted by molar-refractivity contribution is 0.596. The molecule has 96 valence electrons. The Morgan fingerprint density at radius 2 is 1.94 bits per heavy atom. The van der Waals surface area contributed by atoms with E-state index in [1.807, 2.05) is 6.07 Å². The van der Waals surface area contributed by atoms with Crippen molar-refractivity contribution < 1.29 is 8.42 Å². The molecule has 0 spiro atoms. The molecule has 0 amide bonds. The van der Waals surface area contributed by atoms with Gasteiger partial charge in [-0.25, -0.2) is 8.42 Å². The topological polar surface area (TPSA) is 37.4 Å². The molecule has 2 rings (SSSR count). The van der Waals surface area contributed by atoms with Crippen LogP contribution < -0.4 is 4.31 Å². The van der Waals surface area contributed by atoms with Crippen LogP contribution in [-0.2, 0) is 15.9 Å². The molecular formula is C12H12ClNO2S2. The van der Waals surface area contributed by atoms with Crippen molar-refractivity contribution in [3.8, 4) is 0 Å². The number of sulfonamides is 1. The Morgan fingerprint density at radius 3 is 2.50 bits per heavy atom. The van der Waals surface area contributed by atoms with Crippen LogP contribution in [0.5, 0.6) is 0 Å². The van der Waals surface area contributed by atoms with Crippen molar-refractivity contribution in [1.82, 2.24) is 0 Å². The maximum atomic E-state index is 12.4. The molecule has 0 atom stereocenters. The first kappa shape index (κ1) is 13.4. The van der Waals surface area contributed by atoms with Crippen molar-refractivity contribution in [3.05, 3.63) is 47.3 Å². The van der Waals surface area contributed by atoms with Crippen molar-refractivity contribution in [3.63, 3.8) is 0 Å². The van der Waals surface area contributed by atoms with Crippen LogP contribution in [0.4, 0.5) is 5.69 Å². The number of hydrogen-bond donors (Lipinski definition) is 0. The molecule has 0 fully saturated rings. The number of benzene rings is 1. The standard InChI is InChI=1S/C12H12ClNO2S2/c1-14(11-5-3-2-4-6-11)18(15,16)12-7-10(8-13)9-17-12/h2-7,9H,8H2,1H3. The second-order valence-corrected chi connectivity index (χ2v) is 7.09. The van der Waals surface area contributed by atoms with Gasteiger partial charge >= 0.3 is 0 Å². The van der Waals surface area contributed by atoms with Gasteiger partial charge in [0.1, 0.15) is 4.21 Å². The zero-order chi connectivity index (χ0) is 13.2. The number of para-hydroxylation sites is 1. The molecule has 0 saturated heterocycles. The van der Waals surface area contributed by atoms with Crippen LogP contribution in [0.25, 0.3) is 0 Å². The van der Waals surface area contributed by atoms with E-state index in [0.29, 0.717) is 15.8 Å². The number of nitrogens with zero attached hydrogens (tertiary/aromatic N) is 1. The Labute approximate surface area is 116 Å². The molecule has 0 radical (unpaired) electrons. The monoisotopic (exact) mass is 301 g/mol. The van der Waals surface area contributed by atoms with Gasteiger partial charge in [-0.1, -0.05) is 18.2 Å². The molecule has 0 bridgehead atoms. The highest BCUT2D eigenvalue weighted by Gasteiger charge is 2.22. The van der Waals surface area contributed by atoms with Crippen LogP contribution in [0, 0.1) is 0 Å². The second-order valence-electron chi connectivity index (χ2n) is 3.72. The predicted octanol–water partition coefficient (Wildman–Crippen LogP) is 3.31. The van der Waals surface area contributed by atoms with Gasteiger partial charge in [-0.15, -0.1) is 22.9 Å². The lowest BCUT2D eigenvalue weighted by Gasteiger charge is -2.18. The fourth-order valence-electron chi connectivity index (χ4n) is 1.47. The van der Waals surface area contributed by atoms with E-state index >= 15 is 0 Å². The maximum Gasteiger partial charge on any atom is 0.273 e. The molecule has 1 aromatic heterocycles. The Morgan fingerprint density at radius 1 is 1.28 bits per heavy atom. The minimum atomic E-state index is -3.49. The zero-order valence-corrected chi connectivity index (χ0v) is 12.1. The minimum Gasteiger partial charge on any atom is -0.269 e. The molecular weight excluding hydrogens is 290 g/mol. The molecule has 0 aliphatic heterocycles. The number of alkyl halides is 1. The summed E-state index contributed by atoms with van der Waals surface area (Å²) in [6.45, 7) is 0. The van der Waals surface area contributed by atoms with Gasteiger partial charge < -0.3 is 0 Å². The van der Waals surface area contributed by atoms with Crippen LogP contribution in [-0.4, -0.2) is 15.5 Å². The summed E-state index contributed by atoms with van der Waals surface area (Å²) in [5, 5.41) is 1.76. The molecule has 18 heavy (non-hydrogen) atoms. The highest BCUT2D eigenvalue weighted by atomic mass is 35.5. The number of halogens is 1. The van der Waals surface area contributed by atoms with E-state index in [2.05, 4.69) is 0 Å². The van der Waals surface area contributed by atoms with Gasteiger partial charge in [0, 0.05) is 12.9 Å². The Balaban J connectivity index is 2.37. The molecule has 0 aliphatic rings. The van der Waals surface area contributed by atoms with Crippen LogP contribution in [0.1, 0.15) is 5.56 Å². The first-order chi connectivity index (χ1) is 8.55. The highest BCUT2D eigenvalue weighted by molar-refractivity contribution is 7.94. The van der Waals surface area contributed by atoms with Crippen molar-refractivity contribution in [2.45, 2.75) is 10.1 Å². The molecule has 0 unspecified atom stereocenters. The normalized spacial score (nSPS) is 11.4. The summed E-state index contributed by atoms with van der Waals surface area (Å²) >= 11 is 6.88. The van der Waals surface area contributed by atoms with E-state index in [4.69, 9.17) is 11.6 Å². The minimum absolute atomic E-state index is 0.310. The lowest BCUT2D eigenvalue weighted by atomic mass is 10.3. The molecule has 2 aromatic rings. The molecule has 0 N–H and O–H groups in total. The van der Waals surface area contributed by atoms with Crippen molar-refractivity contribution in [1.29, 1.82) is 0 Å². The van der Waals surface area contributed by atoms with Gasteiger partial charge in [-0.3, -0.25) is 4.31 Å². The van der Waals surface area contributed by atoms with E-state index in [9.17, 15) is 8.42 Å². The van der Waals surface area contributed by atoms with E-state index in [-0.39, 0.29) is 0 Å². The van der Waals surface area contributed by atoms with Crippen LogP contribution >= 0.6 is 22.9 Å². The van der Waals surface area contributed by atoms with E-state index < -0.39 is 10.0 Å². The van der Waals surface area contributed by atoms with Crippen LogP contribution in [0.3, 0.4) is 0 Å². The fraction of sp³-hybridized carbons (Fsp3) is 0.167. The molecule has 1 heterocycles. The van der Waals surface area contributed by atoms with Gasteiger partial charge in [-0.05, 0) is 29.1 Å². The lowest BCUT2D eigenvalue weighted by Crippen LogP contribution is -2.25. The number of thiophene rings is 1. The number of anilines is 1. The zero-order valence-electron chi connectivity index (χ0n) is 9.71. The molecule has 1 aromatic carbocycles. The molecule has 0 aliphatic carbocycles. The first-order valence-corrected chi connectivity index (χ1v) is 8.08. The Kier molecular flexibility index (Phi) is 3.94. The number of hydrogen-bond acceptors (Lipinski definition) is 3. The van der Waals surface area contributed by atoms with Crippen LogP contribution in [0.15, 0.2) is 46.0 Å². The molecule has 0 saturated carbocycles. The third-order valence-electron chi connectivity index (χ3n) is 2.52. The summed E-state index contributed by atoms with van der Waals surface area (Å²) in [5.41, 5.74) is 1.46. The summed E-state index contributed by atoms with van der Waals surface area (Å²) < 4.78 is 26.3. The Hall–Kier alpha value is -1.04. The van der Waals surface area contributed by atoms with Gasteiger partial charge in [-0.2, -0.15) is 0 Å². The summed E-state index contributed by atoms with van der Waals surface area (Å²) in [6.07, 6.45) is 0. The van der Waals surface area contributed by atoms with E-state index in [0.717, 1.165) is 5.56 Å². The first-order valence-electron chi connectivity index (χ1n) is 5.23. The SMILES string of the molecule is CN(c1ccccc1)S(=O)(=O)c1cc(CCl)cs1. The third-order valence-corrected chi connectivity index (χ3v) is 6.08. The summed E-state index contributed by atoms with van der Waals surface area (Å²) in [5.74, 6) is 0.321. The van der Waals surface area contributed by atoms with Crippen molar-refractivity contribution >= 4 is 38.6 Å². The maximum absolute atomic E-state index is 12.4. The van der Waals surface area contributed by atoms with E-state index in [1.54, 1.807) is 42.8 Å².